The predicted octanol–water partition coefficient (Wildman–Crippen LogP) is 4.30. The van der Waals surface area contributed by atoms with Gasteiger partial charge in [0.1, 0.15) is 0 Å². The molecular formula is C15H17FO. The van der Waals surface area contributed by atoms with Gasteiger partial charge in [-0.1, -0.05) is 49.6 Å². The second-order valence-electron chi connectivity index (χ2n) is 4.61. The van der Waals surface area contributed by atoms with Crippen LogP contribution in [0.1, 0.15) is 42.5 Å². The van der Waals surface area contributed by atoms with Crippen molar-refractivity contribution in [2.45, 2.75) is 32.1 Å². The molecule has 2 rings (SSSR count). The van der Waals surface area contributed by atoms with Gasteiger partial charge in [0.25, 0.3) is 0 Å². The SMILES string of the molecule is O=C(/C(F)=C\C1CCCCC1)c1ccccc1. The fraction of sp³-hybridized carbons (Fsp3) is 0.400. The van der Waals surface area contributed by atoms with Gasteiger partial charge in [-0.2, -0.15) is 0 Å². The molecule has 1 aromatic rings. The number of hydrogen-bond donors (Lipinski definition) is 0. The molecule has 1 nitrogen and oxygen atoms in total. The molecular weight excluding hydrogens is 215 g/mol. The van der Waals surface area contributed by atoms with Crippen molar-refractivity contribution in [3.63, 3.8) is 0 Å². The monoisotopic (exact) mass is 232 g/mol. The molecule has 0 amide bonds. The van der Waals surface area contributed by atoms with E-state index in [9.17, 15) is 9.18 Å². The molecule has 0 saturated heterocycles. The smallest absolute Gasteiger partial charge is 0.221 e. The Balaban J connectivity index is 2.06. The van der Waals surface area contributed by atoms with Crippen molar-refractivity contribution in [3.05, 3.63) is 47.8 Å². The fourth-order valence-corrected chi connectivity index (χ4v) is 2.31. The summed E-state index contributed by atoms with van der Waals surface area (Å²) in [5.41, 5.74) is 0.428. The Hall–Kier alpha value is -1.44. The minimum absolute atomic E-state index is 0.247. The molecule has 0 unspecified atom stereocenters. The van der Waals surface area contributed by atoms with Gasteiger partial charge < -0.3 is 0 Å². The van der Waals surface area contributed by atoms with Gasteiger partial charge in [-0.05, 0) is 24.8 Å². The van der Waals surface area contributed by atoms with Crippen LogP contribution in [0.5, 0.6) is 0 Å². The van der Waals surface area contributed by atoms with Crippen LogP contribution in [-0.4, -0.2) is 5.78 Å². The van der Waals surface area contributed by atoms with Gasteiger partial charge in [-0.3, -0.25) is 4.79 Å². The van der Waals surface area contributed by atoms with Crippen molar-refractivity contribution < 1.29 is 9.18 Å². The minimum atomic E-state index is -0.594. The van der Waals surface area contributed by atoms with Crippen LogP contribution >= 0.6 is 0 Å². The molecule has 0 bridgehead atoms. The van der Waals surface area contributed by atoms with E-state index in [-0.39, 0.29) is 5.92 Å². The Kier molecular flexibility index (Phi) is 4.08. The molecule has 0 atom stereocenters. The van der Waals surface area contributed by atoms with E-state index in [4.69, 9.17) is 0 Å². The van der Waals surface area contributed by atoms with Crippen molar-refractivity contribution in [3.8, 4) is 0 Å². The quantitative estimate of drug-likeness (QED) is 0.561. The van der Waals surface area contributed by atoms with Crippen LogP contribution in [-0.2, 0) is 0 Å². The van der Waals surface area contributed by atoms with Crippen LogP contribution in [0.15, 0.2) is 42.2 Å². The number of ketones is 1. The summed E-state index contributed by atoms with van der Waals surface area (Å²) in [6.45, 7) is 0. The molecule has 1 aliphatic rings. The van der Waals surface area contributed by atoms with E-state index in [2.05, 4.69) is 0 Å². The molecule has 0 spiro atoms. The summed E-state index contributed by atoms with van der Waals surface area (Å²) in [6.07, 6.45) is 7.07. The van der Waals surface area contributed by atoms with Crippen LogP contribution in [0.2, 0.25) is 0 Å². The van der Waals surface area contributed by atoms with Crippen molar-refractivity contribution in [1.82, 2.24) is 0 Å². The number of Topliss-reactive ketones (excluding diaryl/α,β-unsaturated/α-hetero) is 1. The summed E-state index contributed by atoms with van der Waals surface area (Å²) in [7, 11) is 0. The van der Waals surface area contributed by atoms with Crippen molar-refractivity contribution in [2.75, 3.05) is 0 Å². The zero-order chi connectivity index (χ0) is 12.1. The normalized spacial score (nSPS) is 18.1. The molecule has 1 saturated carbocycles. The zero-order valence-electron chi connectivity index (χ0n) is 9.86. The second kappa shape index (κ2) is 5.76. The van der Waals surface area contributed by atoms with Crippen molar-refractivity contribution >= 4 is 5.78 Å². The summed E-state index contributed by atoms with van der Waals surface area (Å²) >= 11 is 0. The highest BCUT2D eigenvalue weighted by molar-refractivity contribution is 6.07. The zero-order valence-corrected chi connectivity index (χ0v) is 9.86. The predicted molar refractivity (Wildman–Crippen MR) is 66.5 cm³/mol. The topological polar surface area (TPSA) is 17.1 Å². The third-order valence-corrected chi connectivity index (χ3v) is 3.28. The van der Waals surface area contributed by atoms with Gasteiger partial charge in [-0.25, -0.2) is 4.39 Å². The van der Waals surface area contributed by atoms with Crippen LogP contribution in [0, 0.1) is 5.92 Å². The number of benzene rings is 1. The molecule has 0 heterocycles. The number of carbonyl (C=O) groups excluding carboxylic acids is 1. The molecule has 0 radical (unpaired) electrons. The Bertz CT molecular complexity index is 402. The van der Waals surface area contributed by atoms with E-state index in [1.54, 1.807) is 24.3 Å². The van der Waals surface area contributed by atoms with E-state index in [0.29, 0.717) is 5.56 Å². The summed E-state index contributed by atoms with van der Waals surface area (Å²) < 4.78 is 13.8. The maximum Gasteiger partial charge on any atom is 0.221 e. The van der Waals surface area contributed by atoms with E-state index >= 15 is 0 Å². The lowest BCUT2D eigenvalue weighted by Gasteiger charge is -2.17. The highest BCUT2D eigenvalue weighted by Gasteiger charge is 2.16. The van der Waals surface area contributed by atoms with Gasteiger partial charge in [0.2, 0.25) is 5.78 Å². The van der Waals surface area contributed by atoms with Gasteiger partial charge >= 0.3 is 0 Å². The summed E-state index contributed by atoms with van der Waals surface area (Å²) in [5, 5.41) is 0. The number of carbonyl (C=O) groups is 1. The first-order valence-electron chi connectivity index (χ1n) is 6.24. The van der Waals surface area contributed by atoms with E-state index in [1.807, 2.05) is 6.07 Å². The summed E-state index contributed by atoms with van der Waals surface area (Å²) in [6, 6.07) is 8.62. The van der Waals surface area contributed by atoms with E-state index < -0.39 is 11.6 Å². The molecule has 90 valence electrons. The summed E-state index contributed by atoms with van der Waals surface area (Å²) in [5.74, 6) is -0.837. The van der Waals surface area contributed by atoms with Crippen LogP contribution in [0.3, 0.4) is 0 Å². The lowest BCUT2D eigenvalue weighted by atomic mass is 9.88. The highest BCUT2D eigenvalue weighted by atomic mass is 19.1. The number of rotatable bonds is 3. The molecule has 2 heteroatoms. The van der Waals surface area contributed by atoms with E-state index in [1.165, 1.54) is 12.5 Å². The Morgan fingerprint density at radius 3 is 2.41 bits per heavy atom. The van der Waals surface area contributed by atoms with E-state index in [0.717, 1.165) is 25.7 Å². The molecule has 0 N–H and O–H groups in total. The average Bonchev–Trinajstić information content (AvgIpc) is 2.40. The second-order valence-corrected chi connectivity index (χ2v) is 4.61. The standard InChI is InChI=1S/C15H17FO/c16-14(11-12-7-3-1-4-8-12)15(17)13-9-5-2-6-10-13/h2,5-6,9-12H,1,3-4,7-8H2/b14-11+. The molecule has 17 heavy (non-hydrogen) atoms. The lowest BCUT2D eigenvalue weighted by molar-refractivity contribution is 0.100. The lowest BCUT2D eigenvalue weighted by Crippen LogP contribution is -2.06. The van der Waals surface area contributed by atoms with Crippen molar-refractivity contribution in [1.29, 1.82) is 0 Å². The van der Waals surface area contributed by atoms with Crippen LogP contribution in [0.25, 0.3) is 0 Å². The maximum atomic E-state index is 13.8. The van der Waals surface area contributed by atoms with Crippen molar-refractivity contribution in [2.24, 2.45) is 5.92 Å². The third kappa shape index (κ3) is 3.26. The number of hydrogen-bond acceptors (Lipinski definition) is 1. The molecule has 0 aromatic heterocycles. The molecule has 1 fully saturated rings. The minimum Gasteiger partial charge on any atom is -0.286 e. The largest absolute Gasteiger partial charge is 0.286 e. The maximum absolute atomic E-state index is 13.8. The number of halogens is 1. The van der Waals surface area contributed by atoms with Gasteiger partial charge in [0.05, 0.1) is 0 Å². The fourth-order valence-electron chi connectivity index (χ4n) is 2.31. The summed E-state index contributed by atoms with van der Waals surface area (Å²) in [4.78, 5) is 11.8. The molecule has 1 aliphatic carbocycles. The van der Waals surface area contributed by atoms with Crippen LogP contribution in [0.4, 0.5) is 4.39 Å². The first-order valence-corrected chi connectivity index (χ1v) is 6.24. The average molecular weight is 232 g/mol. The molecule has 0 aliphatic heterocycles. The third-order valence-electron chi connectivity index (χ3n) is 3.28. The first kappa shape index (κ1) is 12.0. The Morgan fingerprint density at radius 1 is 1.12 bits per heavy atom. The highest BCUT2D eigenvalue weighted by Crippen LogP contribution is 2.26. The molecule has 1 aromatic carbocycles. The number of allylic oxidation sites excluding steroid dienone is 2. The first-order chi connectivity index (χ1) is 8.27. The van der Waals surface area contributed by atoms with Crippen LogP contribution < -0.4 is 0 Å². The van der Waals surface area contributed by atoms with Gasteiger partial charge in [0.15, 0.2) is 5.83 Å². The van der Waals surface area contributed by atoms with Gasteiger partial charge in [0, 0.05) is 5.56 Å². The van der Waals surface area contributed by atoms with Gasteiger partial charge in [-0.15, -0.1) is 0 Å². The Labute approximate surface area is 101 Å². The Morgan fingerprint density at radius 2 is 1.76 bits per heavy atom.